The Labute approximate surface area is 121 Å². The van der Waals surface area contributed by atoms with Gasteiger partial charge in [-0.05, 0) is 35.9 Å². The van der Waals surface area contributed by atoms with Gasteiger partial charge in [0.15, 0.2) is 0 Å². The fraction of sp³-hybridized carbons (Fsp3) is 0.0714. The van der Waals surface area contributed by atoms with Gasteiger partial charge in [-0.2, -0.15) is 0 Å². The number of nitrogens with two attached hydrogens (primary N) is 2. The summed E-state index contributed by atoms with van der Waals surface area (Å²) in [6.07, 6.45) is 0. The molecule has 5 N–H and O–H groups in total. The van der Waals surface area contributed by atoms with Gasteiger partial charge in [0.1, 0.15) is 11.7 Å². The Balaban J connectivity index is 2.16. The van der Waals surface area contributed by atoms with Gasteiger partial charge in [0, 0.05) is 5.02 Å². The lowest BCUT2D eigenvalue weighted by Crippen LogP contribution is -2.16. The molecule has 20 heavy (non-hydrogen) atoms. The number of nitrogens with zero attached hydrogens (tertiary/aromatic N) is 1. The molecule has 0 amide bonds. The number of benzene rings is 2. The van der Waals surface area contributed by atoms with Gasteiger partial charge in [-0.25, -0.2) is 4.39 Å². The normalized spacial score (nSPS) is 11.4. The molecule has 0 spiro atoms. The van der Waals surface area contributed by atoms with Crippen LogP contribution in [0.4, 0.5) is 10.1 Å². The number of hydrogen-bond acceptors (Lipinski definition) is 3. The molecule has 2 rings (SSSR count). The third-order valence-electron chi connectivity index (χ3n) is 2.76. The summed E-state index contributed by atoms with van der Waals surface area (Å²) in [5, 5.41) is 0.654. The van der Waals surface area contributed by atoms with E-state index in [1.54, 1.807) is 18.2 Å². The molecule has 0 aliphatic rings. The van der Waals surface area contributed by atoms with Crippen LogP contribution in [-0.2, 0) is 6.54 Å². The molecule has 4 nitrogen and oxygen atoms in total. The number of aliphatic imine (C=N–C) groups is 1. The average molecular weight is 293 g/mol. The van der Waals surface area contributed by atoms with Crippen molar-refractivity contribution in [3.63, 3.8) is 0 Å². The monoisotopic (exact) mass is 292 g/mol. The summed E-state index contributed by atoms with van der Waals surface area (Å²) in [5.41, 5.74) is 9.82. The zero-order valence-corrected chi connectivity index (χ0v) is 11.4. The van der Waals surface area contributed by atoms with Crippen molar-refractivity contribution >= 4 is 23.1 Å². The van der Waals surface area contributed by atoms with Crippen molar-refractivity contribution in [1.82, 2.24) is 0 Å². The highest BCUT2D eigenvalue weighted by Gasteiger charge is 2.07. The van der Waals surface area contributed by atoms with E-state index in [-0.39, 0.29) is 11.4 Å². The third kappa shape index (κ3) is 3.46. The summed E-state index contributed by atoms with van der Waals surface area (Å²) in [4.78, 5) is 4.17. The average Bonchev–Trinajstić information content (AvgIpc) is 2.46. The maximum Gasteiger partial charge on any atom is 0.136 e. The summed E-state index contributed by atoms with van der Waals surface area (Å²) in [5.74, 6) is 4.87. The Morgan fingerprint density at radius 3 is 2.50 bits per heavy atom. The number of rotatable bonds is 4. The van der Waals surface area contributed by atoms with Crippen LogP contribution in [0.2, 0.25) is 5.02 Å². The zero-order valence-electron chi connectivity index (χ0n) is 10.6. The van der Waals surface area contributed by atoms with E-state index in [1.165, 1.54) is 12.1 Å². The van der Waals surface area contributed by atoms with Gasteiger partial charge < -0.3 is 11.2 Å². The van der Waals surface area contributed by atoms with Gasteiger partial charge in [0.2, 0.25) is 0 Å². The topological polar surface area (TPSA) is 76.4 Å². The van der Waals surface area contributed by atoms with Crippen LogP contribution in [0.15, 0.2) is 47.5 Å². The molecule has 0 fully saturated rings. The van der Waals surface area contributed by atoms with Crippen molar-refractivity contribution in [1.29, 1.82) is 0 Å². The minimum Gasteiger partial charge on any atom is -0.383 e. The summed E-state index contributed by atoms with van der Waals surface area (Å²) >= 11 is 5.79. The van der Waals surface area contributed by atoms with Gasteiger partial charge in [0.25, 0.3) is 0 Å². The Hall–Kier alpha value is -2.11. The smallest absolute Gasteiger partial charge is 0.136 e. The molecule has 2 aromatic rings. The first-order chi connectivity index (χ1) is 9.60. The van der Waals surface area contributed by atoms with E-state index in [0.29, 0.717) is 17.3 Å². The molecule has 0 unspecified atom stereocenters. The Kier molecular flexibility index (Phi) is 4.55. The molecule has 0 aliphatic carbocycles. The van der Waals surface area contributed by atoms with Crippen LogP contribution < -0.4 is 17.0 Å². The van der Waals surface area contributed by atoms with E-state index in [9.17, 15) is 4.39 Å². The summed E-state index contributed by atoms with van der Waals surface area (Å²) in [7, 11) is 0. The number of halogens is 2. The molecule has 104 valence electrons. The summed E-state index contributed by atoms with van der Waals surface area (Å²) in [6.45, 7) is 0.360. The molecule has 0 aromatic heterocycles. The molecule has 0 saturated heterocycles. The molecule has 0 heterocycles. The van der Waals surface area contributed by atoms with Gasteiger partial charge >= 0.3 is 0 Å². The second-order valence-corrected chi connectivity index (χ2v) is 4.60. The first kappa shape index (κ1) is 14.3. The molecule has 6 heteroatoms. The molecule has 0 atom stereocenters. The highest BCUT2D eigenvalue weighted by molar-refractivity contribution is 6.30. The SMILES string of the molecule is NNc1ccc(C(N)=NCc2ccc(Cl)cc2)c(F)c1. The fourth-order valence-electron chi connectivity index (χ4n) is 1.66. The van der Waals surface area contributed by atoms with E-state index in [4.69, 9.17) is 23.2 Å². The van der Waals surface area contributed by atoms with Crippen LogP contribution in [0.25, 0.3) is 0 Å². The quantitative estimate of drug-likeness (QED) is 0.351. The Bertz CT molecular complexity index is 626. The third-order valence-corrected chi connectivity index (χ3v) is 3.01. The minimum atomic E-state index is -0.474. The zero-order chi connectivity index (χ0) is 14.5. The number of anilines is 1. The number of hydrazine groups is 1. The molecule has 0 bridgehead atoms. The first-order valence-corrected chi connectivity index (χ1v) is 6.29. The largest absolute Gasteiger partial charge is 0.383 e. The fourth-order valence-corrected chi connectivity index (χ4v) is 1.79. The van der Waals surface area contributed by atoms with Crippen molar-refractivity contribution in [2.75, 3.05) is 5.43 Å². The van der Waals surface area contributed by atoms with Crippen LogP contribution in [0, 0.1) is 5.82 Å². The molecular weight excluding hydrogens is 279 g/mol. The maximum atomic E-state index is 13.8. The lowest BCUT2D eigenvalue weighted by atomic mass is 10.1. The van der Waals surface area contributed by atoms with Crippen LogP contribution in [0.5, 0.6) is 0 Å². The van der Waals surface area contributed by atoms with E-state index >= 15 is 0 Å². The van der Waals surface area contributed by atoms with Gasteiger partial charge in [0.05, 0.1) is 17.8 Å². The van der Waals surface area contributed by atoms with Crippen molar-refractivity contribution in [3.05, 3.63) is 64.4 Å². The number of hydrogen-bond donors (Lipinski definition) is 3. The number of nitrogens with one attached hydrogen (secondary N) is 1. The lowest BCUT2D eigenvalue weighted by molar-refractivity contribution is 0.625. The van der Waals surface area contributed by atoms with Crippen LogP contribution in [0.1, 0.15) is 11.1 Å². The predicted molar refractivity (Wildman–Crippen MR) is 80.1 cm³/mol. The van der Waals surface area contributed by atoms with E-state index in [2.05, 4.69) is 10.4 Å². The van der Waals surface area contributed by atoms with Gasteiger partial charge in [-0.15, -0.1) is 0 Å². The van der Waals surface area contributed by atoms with Crippen LogP contribution >= 0.6 is 11.6 Å². The second kappa shape index (κ2) is 6.36. The minimum absolute atomic E-state index is 0.140. The van der Waals surface area contributed by atoms with Crippen molar-refractivity contribution < 1.29 is 4.39 Å². The van der Waals surface area contributed by atoms with Gasteiger partial charge in [-0.3, -0.25) is 10.8 Å². The van der Waals surface area contributed by atoms with E-state index < -0.39 is 5.82 Å². The molecule has 0 aliphatic heterocycles. The van der Waals surface area contributed by atoms with E-state index in [0.717, 1.165) is 5.56 Å². The second-order valence-electron chi connectivity index (χ2n) is 4.17. The van der Waals surface area contributed by atoms with Crippen LogP contribution in [0.3, 0.4) is 0 Å². The Morgan fingerprint density at radius 1 is 1.20 bits per heavy atom. The maximum absolute atomic E-state index is 13.8. The number of nitrogen functional groups attached to an aromatic ring is 1. The molecule has 0 radical (unpaired) electrons. The van der Waals surface area contributed by atoms with Crippen LogP contribution in [-0.4, -0.2) is 5.84 Å². The predicted octanol–water partition coefficient (Wildman–Crippen LogP) is 2.67. The number of amidine groups is 1. The standard InChI is InChI=1S/C14H14ClFN4/c15-10-3-1-9(2-4-10)8-19-14(17)12-6-5-11(20-18)7-13(12)16/h1-7,20H,8,18H2,(H2,17,19). The van der Waals surface area contributed by atoms with Crippen molar-refractivity contribution in [2.45, 2.75) is 6.54 Å². The van der Waals surface area contributed by atoms with Crippen molar-refractivity contribution in [2.24, 2.45) is 16.6 Å². The molecular formula is C14H14ClFN4. The first-order valence-electron chi connectivity index (χ1n) is 5.91. The van der Waals surface area contributed by atoms with Gasteiger partial charge in [-0.1, -0.05) is 23.7 Å². The lowest BCUT2D eigenvalue weighted by Gasteiger charge is -2.06. The summed E-state index contributed by atoms with van der Waals surface area (Å²) < 4.78 is 13.8. The molecule has 2 aromatic carbocycles. The highest BCUT2D eigenvalue weighted by atomic mass is 35.5. The molecule has 0 saturated carbocycles. The highest BCUT2D eigenvalue weighted by Crippen LogP contribution is 2.14. The Morgan fingerprint density at radius 2 is 1.90 bits per heavy atom. The summed E-state index contributed by atoms with van der Waals surface area (Å²) in [6, 6.07) is 11.7. The van der Waals surface area contributed by atoms with Crippen molar-refractivity contribution in [3.8, 4) is 0 Å². The van der Waals surface area contributed by atoms with E-state index in [1.807, 2.05) is 12.1 Å².